The highest BCUT2D eigenvalue weighted by molar-refractivity contribution is 6.82. The van der Waals surface area contributed by atoms with E-state index in [1.54, 1.807) is 12.1 Å². The predicted octanol–water partition coefficient (Wildman–Crippen LogP) is 4.83. The standard InChI is InChI=1S/C12H26Si/c1-11(2)13(12(3)4)9-7-5-6-8-10-13/h11-12H,5-10H2,1-4H3. The van der Waals surface area contributed by atoms with E-state index in [1.165, 1.54) is 25.7 Å². The molecule has 0 aromatic carbocycles. The molecule has 0 aromatic heterocycles. The first kappa shape index (κ1) is 11.3. The molecule has 0 N–H and O–H groups in total. The van der Waals surface area contributed by atoms with Crippen molar-refractivity contribution in [2.24, 2.45) is 0 Å². The molecule has 0 aliphatic carbocycles. The van der Waals surface area contributed by atoms with Crippen LogP contribution in [0.15, 0.2) is 0 Å². The molecule has 0 radical (unpaired) electrons. The van der Waals surface area contributed by atoms with Gasteiger partial charge in [0.05, 0.1) is 8.07 Å². The molecule has 13 heavy (non-hydrogen) atoms. The highest BCUT2D eigenvalue weighted by Crippen LogP contribution is 2.43. The van der Waals surface area contributed by atoms with Crippen LogP contribution in [0, 0.1) is 0 Å². The van der Waals surface area contributed by atoms with Gasteiger partial charge in [0, 0.05) is 0 Å². The zero-order valence-corrected chi connectivity index (χ0v) is 10.9. The Labute approximate surface area is 85.1 Å². The molecular formula is C12H26Si. The van der Waals surface area contributed by atoms with E-state index < -0.39 is 8.07 Å². The number of rotatable bonds is 2. The third kappa shape index (κ3) is 2.37. The topological polar surface area (TPSA) is 0 Å². The minimum absolute atomic E-state index is 0.888. The van der Waals surface area contributed by atoms with E-state index in [1.807, 2.05) is 0 Å². The van der Waals surface area contributed by atoms with Gasteiger partial charge in [0.25, 0.3) is 0 Å². The van der Waals surface area contributed by atoms with Crippen molar-refractivity contribution in [3.63, 3.8) is 0 Å². The van der Waals surface area contributed by atoms with Crippen LogP contribution in [0.25, 0.3) is 0 Å². The van der Waals surface area contributed by atoms with Crippen molar-refractivity contribution in [3.8, 4) is 0 Å². The lowest BCUT2D eigenvalue weighted by molar-refractivity contribution is 0.720. The van der Waals surface area contributed by atoms with Crippen LogP contribution >= 0.6 is 0 Å². The number of hydrogen-bond acceptors (Lipinski definition) is 0. The highest BCUT2D eigenvalue weighted by Gasteiger charge is 2.38. The second-order valence-corrected chi connectivity index (χ2v) is 11.2. The van der Waals surface area contributed by atoms with Gasteiger partial charge in [0.2, 0.25) is 0 Å². The molecule has 0 atom stereocenters. The largest absolute Gasteiger partial charge is 0.0652 e. The van der Waals surface area contributed by atoms with Crippen molar-refractivity contribution in [2.75, 3.05) is 0 Å². The van der Waals surface area contributed by atoms with Crippen LogP contribution in [0.5, 0.6) is 0 Å². The fraction of sp³-hybridized carbons (Fsp3) is 1.00. The van der Waals surface area contributed by atoms with Gasteiger partial charge in [-0.2, -0.15) is 0 Å². The van der Waals surface area contributed by atoms with Gasteiger partial charge in [0.1, 0.15) is 0 Å². The summed E-state index contributed by atoms with van der Waals surface area (Å²) in [5.74, 6) is 0. The second kappa shape index (κ2) is 4.63. The van der Waals surface area contributed by atoms with E-state index in [9.17, 15) is 0 Å². The first-order valence-electron chi connectivity index (χ1n) is 6.09. The van der Waals surface area contributed by atoms with Crippen LogP contribution in [-0.4, -0.2) is 8.07 Å². The molecular weight excluding hydrogens is 172 g/mol. The van der Waals surface area contributed by atoms with Gasteiger partial charge in [-0.25, -0.2) is 0 Å². The van der Waals surface area contributed by atoms with Crippen molar-refractivity contribution in [2.45, 2.75) is 76.5 Å². The Kier molecular flexibility index (Phi) is 4.02. The third-order valence-corrected chi connectivity index (χ3v) is 11.5. The Hall–Kier alpha value is 0.217. The van der Waals surface area contributed by atoms with E-state index in [0.717, 1.165) is 11.1 Å². The zero-order valence-electron chi connectivity index (χ0n) is 9.90. The lowest BCUT2D eigenvalue weighted by Crippen LogP contribution is -2.40. The monoisotopic (exact) mass is 198 g/mol. The molecule has 78 valence electrons. The molecule has 0 bridgehead atoms. The molecule has 0 saturated carbocycles. The molecule has 0 aromatic rings. The Balaban J connectivity index is 2.74. The van der Waals surface area contributed by atoms with E-state index in [2.05, 4.69) is 27.7 Å². The van der Waals surface area contributed by atoms with Crippen LogP contribution in [-0.2, 0) is 0 Å². The van der Waals surface area contributed by atoms with Crippen LogP contribution in [0.4, 0.5) is 0 Å². The van der Waals surface area contributed by atoms with E-state index in [-0.39, 0.29) is 0 Å². The fourth-order valence-corrected chi connectivity index (χ4v) is 8.92. The molecule has 1 aliphatic rings. The van der Waals surface area contributed by atoms with Gasteiger partial charge in [-0.3, -0.25) is 0 Å². The first-order valence-corrected chi connectivity index (χ1v) is 8.66. The van der Waals surface area contributed by atoms with Crippen LogP contribution in [0.3, 0.4) is 0 Å². The highest BCUT2D eigenvalue weighted by atomic mass is 28.3. The molecule has 1 heterocycles. The van der Waals surface area contributed by atoms with Gasteiger partial charge in [-0.1, -0.05) is 76.5 Å². The molecule has 1 heteroatoms. The molecule has 0 spiro atoms. The summed E-state index contributed by atoms with van der Waals surface area (Å²) in [6, 6.07) is 3.23. The van der Waals surface area contributed by atoms with Crippen molar-refractivity contribution in [1.29, 1.82) is 0 Å². The molecule has 1 saturated heterocycles. The fourth-order valence-electron chi connectivity index (χ4n) is 3.21. The Morgan fingerprint density at radius 1 is 0.692 bits per heavy atom. The quantitative estimate of drug-likeness (QED) is 0.558. The summed E-state index contributed by atoms with van der Waals surface area (Å²) in [7, 11) is -0.888. The van der Waals surface area contributed by atoms with Gasteiger partial charge >= 0.3 is 0 Å². The summed E-state index contributed by atoms with van der Waals surface area (Å²) in [5, 5.41) is 0. The van der Waals surface area contributed by atoms with E-state index in [0.29, 0.717) is 0 Å². The normalized spacial score (nSPS) is 23.5. The summed E-state index contributed by atoms with van der Waals surface area (Å²) in [4.78, 5) is 0. The van der Waals surface area contributed by atoms with Crippen LogP contribution < -0.4 is 0 Å². The molecule has 0 nitrogen and oxygen atoms in total. The molecule has 1 rings (SSSR count). The predicted molar refractivity (Wildman–Crippen MR) is 64.0 cm³/mol. The zero-order chi connectivity index (χ0) is 9.90. The summed E-state index contributed by atoms with van der Waals surface area (Å²) in [5.41, 5.74) is 2.01. The van der Waals surface area contributed by atoms with Gasteiger partial charge in [0.15, 0.2) is 0 Å². The summed E-state index contributed by atoms with van der Waals surface area (Å²) < 4.78 is 0. The lowest BCUT2D eigenvalue weighted by atomic mass is 10.2. The summed E-state index contributed by atoms with van der Waals surface area (Å²) in [6.07, 6.45) is 6.08. The smallest absolute Gasteiger partial charge is 0.0587 e. The number of hydrogen-bond donors (Lipinski definition) is 0. The Bertz CT molecular complexity index is 131. The Morgan fingerprint density at radius 3 is 1.38 bits per heavy atom. The molecule has 1 fully saturated rings. The van der Waals surface area contributed by atoms with Crippen molar-refractivity contribution >= 4 is 8.07 Å². The van der Waals surface area contributed by atoms with E-state index >= 15 is 0 Å². The molecule has 0 amide bonds. The summed E-state index contributed by atoms with van der Waals surface area (Å²) in [6.45, 7) is 9.93. The maximum Gasteiger partial charge on any atom is 0.0587 e. The van der Waals surface area contributed by atoms with Crippen molar-refractivity contribution < 1.29 is 0 Å². The summed E-state index contributed by atoms with van der Waals surface area (Å²) >= 11 is 0. The maximum absolute atomic E-state index is 2.48. The van der Waals surface area contributed by atoms with Crippen LogP contribution in [0.1, 0.15) is 53.4 Å². The molecule has 0 unspecified atom stereocenters. The first-order chi connectivity index (χ1) is 6.09. The molecule has 1 aliphatic heterocycles. The minimum Gasteiger partial charge on any atom is -0.0652 e. The maximum atomic E-state index is 2.48. The van der Waals surface area contributed by atoms with Gasteiger partial charge in [-0.05, 0) is 0 Å². The lowest BCUT2D eigenvalue weighted by Gasteiger charge is -2.39. The Morgan fingerprint density at radius 2 is 1.08 bits per heavy atom. The minimum atomic E-state index is -0.888. The average Bonchev–Trinajstić information content (AvgIpc) is 2.28. The average molecular weight is 198 g/mol. The second-order valence-electron chi connectivity index (χ2n) is 5.46. The van der Waals surface area contributed by atoms with Crippen molar-refractivity contribution in [3.05, 3.63) is 0 Å². The van der Waals surface area contributed by atoms with E-state index in [4.69, 9.17) is 0 Å². The van der Waals surface area contributed by atoms with Gasteiger partial charge in [-0.15, -0.1) is 0 Å². The SMILES string of the molecule is CC(C)[Si]1(C(C)C)CCCCCC1. The van der Waals surface area contributed by atoms with Gasteiger partial charge < -0.3 is 0 Å². The van der Waals surface area contributed by atoms with Crippen molar-refractivity contribution in [1.82, 2.24) is 0 Å². The third-order valence-electron chi connectivity index (χ3n) is 4.33. The van der Waals surface area contributed by atoms with Crippen LogP contribution in [0.2, 0.25) is 23.2 Å².